The molecule has 3 rings (SSSR count). The largest absolute Gasteiger partial charge is 0.352 e. The van der Waals surface area contributed by atoms with Crippen LogP contribution in [0.1, 0.15) is 44.9 Å². The maximum absolute atomic E-state index is 12.9. The molecule has 0 saturated carbocycles. The van der Waals surface area contributed by atoms with Crippen molar-refractivity contribution >= 4 is 22.8 Å². The van der Waals surface area contributed by atoms with Crippen LogP contribution in [0.5, 0.6) is 0 Å². The quantitative estimate of drug-likeness (QED) is 0.591. The lowest BCUT2D eigenvalue weighted by Crippen LogP contribution is -2.35. The molecular weight excluding hydrogens is 352 g/mol. The number of aromatic nitrogens is 2. The summed E-state index contributed by atoms with van der Waals surface area (Å²) in [6.45, 7) is 7.95. The van der Waals surface area contributed by atoms with Crippen LogP contribution >= 0.6 is 0 Å². The number of nitrogens with one attached hydrogen (secondary N) is 1. The maximum atomic E-state index is 12.9. The van der Waals surface area contributed by atoms with Crippen molar-refractivity contribution in [1.82, 2.24) is 19.8 Å². The lowest BCUT2D eigenvalue weighted by Gasteiger charge is -2.21. The summed E-state index contributed by atoms with van der Waals surface area (Å²) in [6.07, 6.45) is 6.06. The highest BCUT2D eigenvalue weighted by Gasteiger charge is 2.19. The fraction of sp³-hybridized carbons (Fsp3) is 0.500. The van der Waals surface area contributed by atoms with Crippen LogP contribution in [0.15, 0.2) is 36.4 Å². The predicted molar refractivity (Wildman–Crippen MR) is 111 cm³/mol. The van der Waals surface area contributed by atoms with Gasteiger partial charge in [-0.1, -0.05) is 31.6 Å². The molecule has 1 aromatic heterocycles. The van der Waals surface area contributed by atoms with Crippen LogP contribution in [-0.2, 0) is 22.6 Å². The number of nitrogens with zero attached hydrogens (tertiary/aromatic N) is 3. The number of para-hydroxylation sites is 2. The number of rotatable bonds is 7. The number of imidazole rings is 1. The summed E-state index contributed by atoms with van der Waals surface area (Å²) >= 11 is 0. The highest BCUT2D eigenvalue weighted by atomic mass is 16.2. The highest BCUT2D eigenvalue weighted by Crippen LogP contribution is 2.18. The minimum absolute atomic E-state index is 0.121. The van der Waals surface area contributed by atoms with Crippen molar-refractivity contribution in [3.8, 4) is 0 Å². The first-order valence-electron chi connectivity index (χ1n) is 10.2. The Morgan fingerprint density at radius 3 is 2.57 bits per heavy atom. The second-order valence-electron chi connectivity index (χ2n) is 7.54. The van der Waals surface area contributed by atoms with E-state index < -0.39 is 0 Å². The minimum atomic E-state index is -0.121. The van der Waals surface area contributed by atoms with Crippen LogP contribution in [0.3, 0.4) is 0 Å². The molecule has 0 spiro atoms. The van der Waals surface area contributed by atoms with Gasteiger partial charge in [0.15, 0.2) is 0 Å². The normalized spacial score (nSPS) is 14.7. The van der Waals surface area contributed by atoms with Gasteiger partial charge in [0.1, 0.15) is 12.4 Å². The molecule has 1 aliphatic rings. The molecule has 0 bridgehead atoms. The second-order valence-corrected chi connectivity index (χ2v) is 7.54. The molecule has 150 valence electrons. The molecule has 0 aliphatic carbocycles. The van der Waals surface area contributed by atoms with E-state index in [0.29, 0.717) is 25.1 Å². The molecule has 1 aliphatic heterocycles. The number of hydrogen-bond donors (Lipinski definition) is 1. The van der Waals surface area contributed by atoms with Crippen LogP contribution < -0.4 is 5.32 Å². The van der Waals surface area contributed by atoms with Crippen LogP contribution in [0.4, 0.5) is 0 Å². The number of carbonyl (C=O) groups is 2. The summed E-state index contributed by atoms with van der Waals surface area (Å²) in [5.74, 6) is 0.945. The van der Waals surface area contributed by atoms with E-state index in [9.17, 15) is 9.59 Å². The van der Waals surface area contributed by atoms with Gasteiger partial charge in [0.25, 0.3) is 0 Å². The number of aryl methyl sites for hydroxylation is 1. The monoisotopic (exact) mass is 382 g/mol. The van der Waals surface area contributed by atoms with Gasteiger partial charge in [-0.25, -0.2) is 4.98 Å². The smallest absolute Gasteiger partial charge is 0.246 e. The van der Waals surface area contributed by atoms with E-state index in [-0.39, 0.29) is 11.8 Å². The van der Waals surface area contributed by atoms with E-state index >= 15 is 0 Å². The Labute approximate surface area is 166 Å². The fourth-order valence-corrected chi connectivity index (χ4v) is 3.65. The van der Waals surface area contributed by atoms with E-state index in [1.165, 1.54) is 12.8 Å². The molecule has 1 saturated heterocycles. The molecule has 0 radical (unpaired) electrons. The van der Waals surface area contributed by atoms with Gasteiger partial charge in [0.2, 0.25) is 11.8 Å². The van der Waals surface area contributed by atoms with Gasteiger partial charge in [-0.3, -0.25) is 9.59 Å². The Morgan fingerprint density at radius 1 is 1.14 bits per heavy atom. The van der Waals surface area contributed by atoms with E-state index in [2.05, 4.69) is 11.9 Å². The lowest BCUT2D eigenvalue weighted by atomic mass is 10.2. The van der Waals surface area contributed by atoms with Gasteiger partial charge in [-0.2, -0.15) is 0 Å². The molecule has 2 aromatic rings. The summed E-state index contributed by atoms with van der Waals surface area (Å²) in [4.78, 5) is 31.3. The number of likely N-dealkylation sites (tertiary alicyclic amines) is 1. The van der Waals surface area contributed by atoms with Crippen molar-refractivity contribution in [2.45, 2.75) is 52.0 Å². The Hall–Kier alpha value is -2.63. The number of amides is 2. The van der Waals surface area contributed by atoms with Crippen molar-refractivity contribution in [3.63, 3.8) is 0 Å². The van der Waals surface area contributed by atoms with E-state index in [1.54, 1.807) is 6.92 Å². The van der Waals surface area contributed by atoms with Gasteiger partial charge in [0, 0.05) is 31.6 Å². The Bertz CT molecular complexity index is 847. The van der Waals surface area contributed by atoms with Gasteiger partial charge < -0.3 is 14.8 Å². The third kappa shape index (κ3) is 5.00. The Kier molecular flexibility index (Phi) is 6.85. The molecule has 0 atom stereocenters. The lowest BCUT2D eigenvalue weighted by molar-refractivity contribution is -0.131. The van der Waals surface area contributed by atoms with Gasteiger partial charge >= 0.3 is 0 Å². The second kappa shape index (κ2) is 9.53. The molecule has 2 amide bonds. The third-order valence-corrected chi connectivity index (χ3v) is 5.24. The summed E-state index contributed by atoms with van der Waals surface area (Å²) in [6, 6.07) is 7.94. The number of fused-ring (bicyclic) bond motifs is 1. The average molecular weight is 383 g/mol. The predicted octanol–water partition coefficient (Wildman–Crippen LogP) is 3.06. The van der Waals surface area contributed by atoms with Crippen LogP contribution in [0.25, 0.3) is 11.0 Å². The molecule has 1 N–H and O–H groups in total. The molecular formula is C22H30N4O2. The number of hydrogen-bond acceptors (Lipinski definition) is 3. The van der Waals surface area contributed by atoms with Crippen LogP contribution in [0, 0.1) is 0 Å². The molecule has 6 heteroatoms. The minimum Gasteiger partial charge on any atom is -0.352 e. The first kappa shape index (κ1) is 20.1. The van der Waals surface area contributed by atoms with Gasteiger partial charge in [-0.15, -0.1) is 0 Å². The van der Waals surface area contributed by atoms with Gasteiger partial charge in [-0.05, 0) is 38.3 Å². The van der Waals surface area contributed by atoms with Crippen molar-refractivity contribution in [2.24, 2.45) is 0 Å². The molecule has 0 unspecified atom stereocenters. The molecule has 6 nitrogen and oxygen atoms in total. The Balaban J connectivity index is 1.70. The van der Waals surface area contributed by atoms with E-state index in [1.807, 2.05) is 33.7 Å². The topological polar surface area (TPSA) is 67.2 Å². The standard InChI is InChI=1S/C22H30N4O2/c1-17(2)22(28)23-13-9-12-20-24-18-10-5-6-11-19(18)26(20)16-21(27)25-14-7-3-4-8-15-25/h5-6,10-11H,1,3-4,7-9,12-16H2,2H3,(H,23,28). The SMILES string of the molecule is C=C(C)C(=O)NCCCc1nc2ccccc2n1CC(=O)N1CCCCCC1. The average Bonchev–Trinajstić information content (AvgIpc) is 2.86. The zero-order valence-electron chi connectivity index (χ0n) is 16.7. The Morgan fingerprint density at radius 2 is 1.86 bits per heavy atom. The maximum Gasteiger partial charge on any atom is 0.246 e. The van der Waals surface area contributed by atoms with Crippen LogP contribution in [0.2, 0.25) is 0 Å². The summed E-state index contributed by atoms with van der Waals surface area (Å²) in [5, 5.41) is 2.85. The summed E-state index contributed by atoms with van der Waals surface area (Å²) < 4.78 is 2.04. The molecule has 28 heavy (non-hydrogen) atoms. The molecule has 1 fully saturated rings. The first-order chi connectivity index (χ1) is 13.6. The molecule has 2 heterocycles. The van der Waals surface area contributed by atoms with Crippen molar-refractivity contribution < 1.29 is 9.59 Å². The van der Waals surface area contributed by atoms with Crippen molar-refractivity contribution in [3.05, 3.63) is 42.2 Å². The van der Waals surface area contributed by atoms with Gasteiger partial charge in [0.05, 0.1) is 11.0 Å². The third-order valence-electron chi connectivity index (χ3n) is 5.24. The highest BCUT2D eigenvalue weighted by molar-refractivity contribution is 5.92. The van der Waals surface area contributed by atoms with E-state index in [0.717, 1.165) is 49.2 Å². The van der Waals surface area contributed by atoms with E-state index in [4.69, 9.17) is 4.98 Å². The number of carbonyl (C=O) groups excluding carboxylic acids is 2. The number of benzene rings is 1. The van der Waals surface area contributed by atoms with Crippen molar-refractivity contribution in [1.29, 1.82) is 0 Å². The van der Waals surface area contributed by atoms with Crippen molar-refractivity contribution in [2.75, 3.05) is 19.6 Å². The zero-order valence-corrected chi connectivity index (χ0v) is 16.7. The summed E-state index contributed by atoms with van der Waals surface area (Å²) in [5.41, 5.74) is 2.41. The fourth-order valence-electron chi connectivity index (χ4n) is 3.65. The zero-order chi connectivity index (χ0) is 19.9. The van der Waals surface area contributed by atoms with Crippen LogP contribution in [-0.4, -0.2) is 45.9 Å². The summed E-state index contributed by atoms with van der Waals surface area (Å²) in [7, 11) is 0. The molecule has 1 aromatic carbocycles. The first-order valence-corrected chi connectivity index (χ1v) is 10.2.